The molecule has 1 aliphatic heterocycles. The highest BCUT2D eigenvalue weighted by atomic mass is 15.3. The van der Waals surface area contributed by atoms with Crippen LogP contribution in [0.4, 0.5) is 11.4 Å². The molecule has 2 aromatic rings. The number of rotatable bonds is 2. The van der Waals surface area contributed by atoms with Crippen molar-refractivity contribution in [2.75, 3.05) is 36.0 Å². The largest absolute Gasteiger partial charge is 0.368 e. The molecule has 0 saturated carbocycles. The maximum Gasteiger partial charge on any atom is 0.0547 e. The fourth-order valence-electron chi connectivity index (χ4n) is 2.54. The number of hydrogen-bond acceptors (Lipinski definition) is 2. The van der Waals surface area contributed by atoms with E-state index in [1.165, 1.54) is 11.4 Å². The highest BCUT2D eigenvalue weighted by Crippen LogP contribution is 2.20. The summed E-state index contributed by atoms with van der Waals surface area (Å²) in [6.07, 6.45) is 4.30. The second kappa shape index (κ2) is 4.77. The molecule has 1 aliphatic rings. The van der Waals surface area contributed by atoms with E-state index in [2.05, 4.69) is 70.2 Å². The van der Waals surface area contributed by atoms with Gasteiger partial charge in [0.1, 0.15) is 0 Å². The third kappa shape index (κ3) is 2.21. The van der Waals surface area contributed by atoms with Gasteiger partial charge in [0.2, 0.25) is 0 Å². The van der Waals surface area contributed by atoms with Gasteiger partial charge in [0.25, 0.3) is 0 Å². The summed E-state index contributed by atoms with van der Waals surface area (Å²) in [5.41, 5.74) is 2.68. The minimum Gasteiger partial charge on any atom is -0.368 e. The first-order valence-electron chi connectivity index (χ1n) is 6.50. The molecule has 0 N–H and O–H groups in total. The summed E-state index contributed by atoms with van der Waals surface area (Å²) in [4.78, 5) is 4.92. The zero-order valence-electron chi connectivity index (χ0n) is 10.8. The molecule has 0 aliphatic carbocycles. The van der Waals surface area contributed by atoms with Gasteiger partial charge in [-0.3, -0.25) is 0 Å². The van der Waals surface area contributed by atoms with Crippen LogP contribution in [0.2, 0.25) is 0 Å². The van der Waals surface area contributed by atoms with Gasteiger partial charge in [0.15, 0.2) is 0 Å². The van der Waals surface area contributed by atoms with Gasteiger partial charge in [-0.15, -0.1) is 0 Å². The summed E-state index contributed by atoms with van der Waals surface area (Å²) in [5, 5.41) is 0. The fourth-order valence-corrected chi connectivity index (χ4v) is 2.54. The predicted octanol–water partition coefficient (Wildman–Crippen LogP) is 2.35. The number of piperazine rings is 1. The lowest BCUT2D eigenvalue weighted by molar-refractivity contribution is 0.653. The van der Waals surface area contributed by atoms with Crippen LogP contribution in [-0.4, -0.2) is 30.7 Å². The molecule has 1 saturated heterocycles. The summed E-state index contributed by atoms with van der Waals surface area (Å²) in [7, 11) is 2.07. The Morgan fingerprint density at radius 1 is 0.778 bits per heavy atom. The standard InChI is InChI=1S/C15H19N3/c1-16-8-7-15(13-16)18-11-9-17(10-12-18)14-5-3-2-4-6-14/h2-8,13H,9-12H2,1H3. The first-order chi connectivity index (χ1) is 8.83. The second-order valence-corrected chi connectivity index (χ2v) is 4.84. The van der Waals surface area contributed by atoms with Crippen molar-refractivity contribution < 1.29 is 0 Å². The van der Waals surface area contributed by atoms with Gasteiger partial charge in [-0.2, -0.15) is 0 Å². The average molecular weight is 241 g/mol. The minimum absolute atomic E-state index is 1.10. The Labute approximate surface area is 108 Å². The second-order valence-electron chi connectivity index (χ2n) is 4.84. The molecule has 0 spiro atoms. The van der Waals surface area contributed by atoms with E-state index in [1.54, 1.807) is 0 Å². The van der Waals surface area contributed by atoms with Crippen molar-refractivity contribution >= 4 is 11.4 Å². The van der Waals surface area contributed by atoms with Crippen LogP contribution in [0.25, 0.3) is 0 Å². The van der Waals surface area contributed by atoms with Crippen LogP contribution >= 0.6 is 0 Å². The van der Waals surface area contributed by atoms with E-state index in [0.717, 1.165) is 26.2 Å². The van der Waals surface area contributed by atoms with Gasteiger partial charge in [-0.25, -0.2) is 0 Å². The number of anilines is 2. The number of para-hydroxylation sites is 1. The molecule has 3 rings (SSSR count). The van der Waals surface area contributed by atoms with E-state index in [-0.39, 0.29) is 0 Å². The van der Waals surface area contributed by atoms with E-state index in [1.807, 2.05) is 0 Å². The topological polar surface area (TPSA) is 11.4 Å². The molecule has 94 valence electrons. The van der Waals surface area contributed by atoms with Crippen LogP contribution in [0.15, 0.2) is 48.8 Å². The molecule has 1 fully saturated rings. The highest BCUT2D eigenvalue weighted by molar-refractivity contribution is 5.50. The van der Waals surface area contributed by atoms with Gasteiger partial charge in [-0.1, -0.05) is 18.2 Å². The quantitative estimate of drug-likeness (QED) is 0.799. The summed E-state index contributed by atoms with van der Waals surface area (Å²) in [6, 6.07) is 12.9. The van der Waals surface area contributed by atoms with E-state index in [0.29, 0.717) is 0 Å². The Hall–Kier alpha value is -1.90. The number of nitrogens with zero attached hydrogens (tertiary/aromatic N) is 3. The lowest BCUT2D eigenvalue weighted by Crippen LogP contribution is -2.46. The van der Waals surface area contributed by atoms with Gasteiger partial charge in [0.05, 0.1) is 5.69 Å². The number of aryl methyl sites for hydroxylation is 1. The predicted molar refractivity (Wildman–Crippen MR) is 76.3 cm³/mol. The molecular weight excluding hydrogens is 222 g/mol. The molecule has 3 heteroatoms. The SMILES string of the molecule is Cn1ccc(N2CCN(c3ccccc3)CC2)c1. The number of benzene rings is 1. The van der Waals surface area contributed by atoms with Crippen molar-refractivity contribution in [1.82, 2.24) is 4.57 Å². The van der Waals surface area contributed by atoms with Crippen LogP contribution in [0, 0.1) is 0 Å². The first kappa shape index (κ1) is 11.2. The molecule has 0 radical (unpaired) electrons. The molecule has 0 unspecified atom stereocenters. The lowest BCUT2D eigenvalue weighted by atomic mass is 10.2. The van der Waals surface area contributed by atoms with Gasteiger partial charge in [-0.05, 0) is 18.2 Å². The maximum absolute atomic E-state index is 2.46. The summed E-state index contributed by atoms with van der Waals surface area (Å²) in [5.74, 6) is 0. The van der Waals surface area contributed by atoms with E-state index < -0.39 is 0 Å². The maximum atomic E-state index is 2.46. The molecule has 0 bridgehead atoms. The lowest BCUT2D eigenvalue weighted by Gasteiger charge is -2.36. The van der Waals surface area contributed by atoms with Gasteiger partial charge in [0, 0.05) is 51.3 Å². The van der Waals surface area contributed by atoms with Crippen LogP contribution in [-0.2, 0) is 7.05 Å². The fraction of sp³-hybridized carbons (Fsp3) is 0.333. The zero-order valence-corrected chi connectivity index (χ0v) is 10.8. The molecule has 3 nitrogen and oxygen atoms in total. The summed E-state index contributed by atoms with van der Waals surface area (Å²) >= 11 is 0. The van der Waals surface area contributed by atoms with Crippen molar-refractivity contribution in [2.24, 2.45) is 7.05 Å². The van der Waals surface area contributed by atoms with E-state index in [4.69, 9.17) is 0 Å². The Morgan fingerprint density at radius 2 is 1.39 bits per heavy atom. The average Bonchev–Trinajstić information content (AvgIpc) is 2.87. The van der Waals surface area contributed by atoms with Gasteiger partial charge >= 0.3 is 0 Å². The summed E-state index contributed by atoms with van der Waals surface area (Å²) in [6.45, 7) is 4.38. The van der Waals surface area contributed by atoms with Crippen LogP contribution in [0.3, 0.4) is 0 Å². The van der Waals surface area contributed by atoms with Gasteiger partial charge < -0.3 is 14.4 Å². The molecular formula is C15H19N3. The van der Waals surface area contributed by atoms with Crippen molar-refractivity contribution in [3.63, 3.8) is 0 Å². The van der Waals surface area contributed by atoms with Crippen LogP contribution < -0.4 is 9.80 Å². The Bertz CT molecular complexity index is 495. The normalized spacial score (nSPS) is 16.1. The van der Waals surface area contributed by atoms with E-state index >= 15 is 0 Å². The number of aromatic nitrogens is 1. The van der Waals surface area contributed by atoms with Crippen LogP contribution in [0.1, 0.15) is 0 Å². The Morgan fingerprint density at radius 3 is 1.94 bits per heavy atom. The minimum atomic E-state index is 1.10. The zero-order chi connectivity index (χ0) is 12.4. The smallest absolute Gasteiger partial charge is 0.0547 e. The van der Waals surface area contributed by atoms with E-state index in [9.17, 15) is 0 Å². The third-order valence-electron chi connectivity index (χ3n) is 3.58. The monoisotopic (exact) mass is 241 g/mol. The summed E-state index contributed by atoms with van der Waals surface area (Å²) < 4.78 is 2.11. The van der Waals surface area contributed by atoms with Crippen molar-refractivity contribution in [2.45, 2.75) is 0 Å². The highest BCUT2D eigenvalue weighted by Gasteiger charge is 2.17. The molecule has 0 atom stereocenters. The molecule has 2 heterocycles. The Kier molecular flexibility index (Phi) is 2.97. The third-order valence-corrected chi connectivity index (χ3v) is 3.58. The molecule has 1 aromatic carbocycles. The Balaban J connectivity index is 1.65. The van der Waals surface area contributed by atoms with Crippen molar-refractivity contribution in [1.29, 1.82) is 0 Å². The molecule has 18 heavy (non-hydrogen) atoms. The van der Waals surface area contributed by atoms with Crippen molar-refractivity contribution in [3.8, 4) is 0 Å². The molecule has 1 aromatic heterocycles. The molecule has 0 amide bonds. The van der Waals surface area contributed by atoms with Crippen molar-refractivity contribution in [3.05, 3.63) is 48.8 Å². The first-order valence-corrected chi connectivity index (χ1v) is 6.50. The van der Waals surface area contributed by atoms with Crippen LogP contribution in [0.5, 0.6) is 0 Å². The number of hydrogen-bond donors (Lipinski definition) is 0.